The van der Waals surface area contributed by atoms with Gasteiger partial charge in [-0.25, -0.2) is 13.1 Å². The van der Waals surface area contributed by atoms with Crippen LogP contribution in [0.4, 0.5) is 0 Å². The zero-order valence-electron chi connectivity index (χ0n) is 14.2. The van der Waals surface area contributed by atoms with E-state index in [9.17, 15) is 8.42 Å². The van der Waals surface area contributed by atoms with Crippen LogP contribution in [0.15, 0.2) is 46.0 Å². The Labute approximate surface area is 160 Å². The molecule has 1 aromatic carbocycles. The quantitative estimate of drug-likeness (QED) is 0.687. The number of nitrogens with zero attached hydrogens (tertiary/aromatic N) is 1. The Morgan fingerprint density at radius 2 is 1.84 bits per heavy atom. The summed E-state index contributed by atoms with van der Waals surface area (Å²) in [5.41, 5.74) is 2.93. The molecule has 0 aliphatic carbocycles. The molecule has 0 radical (unpaired) electrons. The molecule has 3 rings (SSSR count). The molecule has 0 unspecified atom stereocenters. The number of thiophene rings is 1. The Morgan fingerprint density at radius 3 is 2.60 bits per heavy atom. The Morgan fingerprint density at radius 1 is 1.04 bits per heavy atom. The first kappa shape index (κ1) is 20.4. The van der Waals surface area contributed by atoms with Crippen LogP contribution in [0.25, 0.3) is 0 Å². The monoisotopic (exact) mass is 400 g/mol. The first-order chi connectivity index (χ1) is 11.6. The Hall–Kier alpha value is -0.920. The summed E-state index contributed by atoms with van der Waals surface area (Å²) in [5, 5.41) is 1.78. The second-order valence-corrected chi connectivity index (χ2v) is 9.13. The molecular weight excluding hydrogens is 376 g/mol. The van der Waals surface area contributed by atoms with E-state index in [-0.39, 0.29) is 12.4 Å². The van der Waals surface area contributed by atoms with E-state index in [2.05, 4.69) is 33.9 Å². The SMILES string of the molecule is Cl.O=S(=O)(NCCCCCN1CCc2ccccc2C1)c1cccs1. The first-order valence-corrected chi connectivity index (χ1v) is 10.8. The standard InChI is InChI=1S/C18H24N2O2S2.ClH/c21-24(22,18-9-6-14-23-18)19-11-4-1-5-12-20-13-10-16-7-2-3-8-17(16)15-20;/h2-3,6-9,14,19H,1,4-5,10-13,15H2;1H. The fourth-order valence-electron chi connectivity index (χ4n) is 3.08. The van der Waals surface area contributed by atoms with E-state index < -0.39 is 10.0 Å². The molecule has 0 bridgehead atoms. The summed E-state index contributed by atoms with van der Waals surface area (Å²) < 4.78 is 27.0. The van der Waals surface area contributed by atoms with Crippen LogP contribution >= 0.6 is 23.7 Å². The largest absolute Gasteiger partial charge is 0.299 e. The maximum Gasteiger partial charge on any atom is 0.250 e. The van der Waals surface area contributed by atoms with Gasteiger partial charge in [0.1, 0.15) is 4.21 Å². The molecule has 1 aliphatic rings. The van der Waals surface area contributed by atoms with E-state index in [0.29, 0.717) is 10.8 Å². The average Bonchev–Trinajstić information content (AvgIpc) is 3.13. The lowest BCUT2D eigenvalue weighted by Crippen LogP contribution is -2.31. The summed E-state index contributed by atoms with van der Waals surface area (Å²) in [6, 6.07) is 12.1. The molecule has 7 heteroatoms. The van der Waals surface area contributed by atoms with Gasteiger partial charge in [-0.3, -0.25) is 4.90 Å². The van der Waals surface area contributed by atoms with Gasteiger partial charge in [0.05, 0.1) is 0 Å². The maximum atomic E-state index is 12.0. The number of hydrogen-bond acceptors (Lipinski definition) is 4. The van der Waals surface area contributed by atoms with Crippen LogP contribution in [-0.2, 0) is 23.0 Å². The maximum absolute atomic E-state index is 12.0. The summed E-state index contributed by atoms with van der Waals surface area (Å²) in [6.45, 7) is 3.78. The molecule has 0 atom stereocenters. The molecule has 0 spiro atoms. The van der Waals surface area contributed by atoms with Gasteiger partial charge in [-0.2, -0.15) is 0 Å². The van der Waals surface area contributed by atoms with Crippen molar-refractivity contribution >= 4 is 33.8 Å². The van der Waals surface area contributed by atoms with E-state index >= 15 is 0 Å². The molecule has 138 valence electrons. The lowest BCUT2D eigenvalue weighted by Gasteiger charge is -2.28. The number of fused-ring (bicyclic) bond motifs is 1. The fraction of sp³-hybridized carbons (Fsp3) is 0.444. The van der Waals surface area contributed by atoms with Gasteiger partial charge in [0.2, 0.25) is 10.0 Å². The van der Waals surface area contributed by atoms with Crippen molar-refractivity contribution in [3.05, 3.63) is 52.9 Å². The molecule has 1 N–H and O–H groups in total. The minimum atomic E-state index is -3.30. The predicted molar refractivity (Wildman–Crippen MR) is 106 cm³/mol. The highest BCUT2D eigenvalue weighted by atomic mass is 35.5. The molecule has 4 nitrogen and oxygen atoms in total. The Balaban J connectivity index is 0.00000225. The topological polar surface area (TPSA) is 49.4 Å². The van der Waals surface area contributed by atoms with Gasteiger partial charge in [-0.15, -0.1) is 23.7 Å². The molecule has 2 heterocycles. The highest BCUT2D eigenvalue weighted by molar-refractivity contribution is 7.91. The van der Waals surface area contributed by atoms with Crippen LogP contribution in [0.3, 0.4) is 0 Å². The first-order valence-electron chi connectivity index (χ1n) is 8.47. The van der Waals surface area contributed by atoms with E-state index in [1.165, 1.54) is 22.5 Å². The number of halogens is 1. The van der Waals surface area contributed by atoms with Gasteiger partial charge in [-0.05, 0) is 48.4 Å². The lowest BCUT2D eigenvalue weighted by atomic mass is 10.00. The fourth-order valence-corrected chi connectivity index (χ4v) is 5.19. The van der Waals surface area contributed by atoms with Gasteiger partial charge >= 0.3 is 0 Å². The van der Waals surface area contributed by atoms with Crippen LogP contribution in [0.5, 0.6) is 0 Å². The molecule has 0 saturated carbocycles. The van der Waals surface area contributed by atoms with Crippen LogP contribution in [0.2, 0.25) is 0 Å². The summed E-state index contributed by atoms with van der Waals surface area (Å²) >= 11 is 1.25. The summed E-state index contributed by atoms with van der Waals surface area (Å²) in [4.78, 5) is 2.50. The normalized spacial score (nSPS) is 14.7. The van der Waals surface area contributed by atoms with Crippen LogP contribution < -0.4 is 4.72 Å². The molecule has 0 amide bonds. The van der Waals surface area contributed by atoms with Gasteiger partial charge < -0.3 is 0 Å². The van der Waals surface area contributed by atoms with Crippen molar-refractivity contribution in [3.8, 4) is 0 Å². The van der Waals surface area contributed by atoms with Gasteiger partial charge in [0.15, 0.2) is 0 Å². The van der Waals surface area contributed by atoms with Crippen molar-refractivity contribution < 1.29 is 8.42 Å². The van der Waals surface area contributed by atoms with E-state index in [1.54, 1.807) is 17.5 Å². The van der Waals surface area contributed by atoms with Crippen molar-refractivity contribution in [1.82, 2.24) is 9.62 Å². The Kier molecular flexibility index (Phi) is 7.90. The van der Waals surface area contributed by atoms with Gasteiger partial charge in [-0.1, -0.05) is 36.8 Å². The zero-order chi connectivity index (χ0) is 16.8. The van der Waals surface area contributed by atoms with Gasteiger partial charge in [0, 0.05) is 19.6 Å². The molecule has 25 heavy (non-hydrogen) atoms. The summed E-state index contributed by atoms with van der Waals surface area (Å²) in [5.74, 6) is 0. The third-order valence-electron chi connectivity index (χ3n) is 4.41. The second kappa shape index (κ2) is 9.69. The minimum Gasteiger partial charge on any atom is -0.299 e. The van der Waals surface area contributed by atoms with Crippen molar-refractivity contribution in [1.29, 1.82) is 0 Å². The number of sulfonamides is 1. The highest BCUT2D eigenvalue weighted by Crippen LogP contribution is 2.19. The van der Waals surface area contributed by atoms with Crippen LogP contribution in [0, 0.1) is 0 Å². The number of hydrogen-bond donors (Lipinski definition) is 1. The van der Waals surface area contributed by atoms with E-state index in [1.807, 2.05) is 0 Å². The molecule has 0 saturated heterocycles. The summed E-state index contributed by atoms with van der Waals surface area (Å²) in [7, 11) is -3.30. The molecule has 0 fully saturated rings. The van der Waals surface area contributed by atoms with Crippen LogP contribution in [0.1, 0.15) is 30.4 Å². The smallest absolute Gasteiger partial charge is 0.250 e. The number of rotatable bonds is 8. The number of nitrogens with one attached hydrogen (secondary N) is 1. The molecular formula is C18H25ClN2O2S2. The number of benzene rings is 1. The molecule has 1 aromatic heterocycles. The zero-order valence-corrected chi connectivity index (χ0v) is 16.6. The van der Waals surface area contributed by atoms with Crippen LogP contribution in [-0.4, -0.2) is 33.0 Å². The van der Waals surface area contributed by atoms with E-state index in [0.717, 1.165) is 45.3 Å². The van der Waals surface area contributed by atoms with Gasteiger partial charge in [0.25, 0.3) is 0 Å². The second-order valence-electron chi connectivity index (χ2n) is 6.19. The molecule has 2 aromatic rings. The van der Waals surface area contributed by atoms with Crippen molar-refractivity contribution in [2.45, 2.75) is 36.4 Å². The third kappa shape index (κ3) is 5.79. The van der Waals surface area contributed by atoms with Crippen molar-refractivity contribution in [2.24, 2.45) is 0 Å². The Bertz CT molecular complexity index is 748. The van der Waals surface area contributed by atoms with Crippen molar-refractivity contribution in [2.75, 3.05) is 19.6 Å². The number of unbranched alkanes of at least 4 members (excludes halogenated alkanes) is 2. The minimum absolute atomic E-state index is 0. The predicted octanol–water partition coefficient (Wildman–Crippen LogP) is 3.68. The highest BCUT2D eigenvalue weighted by Gasteiger charge is 2.15. The van der Waals surface area contributed by atoms with Crippen molar-refractivity contribution in [3.63, 3.8) is 0 Å². The molecule has 1 aliphatic heterocycles. The lowest BCUT2D eigenvalue weighted by molar-refractivity contribution is 0.248. The summed E-state index contributed by atoms with van der Waals surface area (Å²) in [6.07, 6.45) is 4.18. The average molecular weight is 401 g/mol. The third-order valence-corrected chi connectivity index (χ3v) is 7.27. The van der Waals surface area contributed by atoms with E-state index in [4.69, 9.17) is 0 Å².